The standard InChI is InChI=1S/C20H30N2O5/c1-5-7-12-21-17(23)13-27-20(25)18(14(3)4)22-19(24)15-8-10-16(11-9-15)26-6-2/h8-11,14,18H,5-7,12-13H2,1-4H3,(H,21,23)(H,22,24)/t18-/m0/s1. The Hall–Kier alpha value is -2.57. The molecule has 2 N–H and O–H groups in total. The lowest BCUT2D eigenvalue weighted by molar-refractivity contribution is -0.151. The van der Waals surface area contributed by atoms with Gasteiger partial charge in [0.1, 0.15) is 11.8 Å². The number of amides is 2. The van der Waals surface area contributed by atoms with Gasteiger partial charge >= 0.3 is 5.97 Å². The molecule has 7 heteroatoms. The third-order valence-corrected chi connectivity index (χ3v) is 3.83. The summed E-state index contributed by atoms with van der Waals surface area (Å²) in [7, 11) is 0. The van der Waals surface area contributed by atoms with Crippen LogP contribution >= 0.6 is 0 Å². The second kappa shape index (κ2) is 11.9. The minimum absolute atomic E-state index is 0.188. The van der Waals surface area contributed by atoms with Crippen molar-refractivity contribution in [3.63, 3.8) is 0 Å². The first-order valence-corrected chi connectivity index (χ1v) is 9.36. The van der Waals surface area contributed by atoms with Crippen molar-refractivity contribution in [2.45, 2.75) is 46.6 Å². The SMILES string of the molecule is CCCCNC(=O)COC(=O)[C@@H](NC(=O)c1ccc(OCC)cc1)C(C)C. The highest BCUT2D eigenvalue weighted by Gasteiger charge is 2.26. The summed E-state index contributed by atoms with van der Waals surface area (Å²) in [6, 6.07) is 5.81. The van der Waals surface area contributed by atoms with E-state index < -0.39 is 12.0 Å². The van der Waals surface area contributed by atoms with E-state index in [1.807, 2.05) is 13.8 Å². The summed E-state index contributed by atoms with van der Waals surface area (Å²) in [6.45, 7) is 8.23. The van der Waals surface area contributed by atoms with Gasteiger partial charge in [0.05, 0.1) is 6.61 Å². The molecule has 27 heavy (non-hydrogen) atoms. The normalized spacial score (nSPS) is 11.6. The Morgan fingerprint density at radius 1 is 1.07 bits per heavy atom. The van der Waals surface area contributed by atoms with Gasteiger partial charge in [-0.25, -0.2) is 4.79 Å². The van der Waals surface area contributed by atoms with Gasteiger partial charge in [-0.15, -0.1) is 0 Å². The molecule has 2 amide bonds. The van der Waals surface area contributed by atoms with E-state index in [0.29, 0.717) is 24.5 Å². The molecule has 0 radical (unpaired) electrons. The summed E-state index contributed by atoms with van der Waals surface area (Å²) < 4.78 is 10.4. The summed E-state index contributed by atoms with van der Waals surface area (Å²) in [5, 5.41) is 5.35. The van der Waals surface area contributed by atoms with Crippen LogP contribution in [0.5, 0.6) is 5.75 Å². The largest absolute Gasteiger partial charge is 0.494 e. The molecule has 0 saturated heterocycles. The second-order valence-corrected chi connectivity index (χ2v) is 6.46. The first kappa shape index (κ1) is 22.5. The van der Waals surface area contributed by atoms with Crippen LogP contribution in [0.15, 0.2) is 24.3 Å². The molecule has 1 aromatic rings. The minimum Gasteiger partial charge on any atom is -0.494 e. The van der Waals surface area contributed by atoms with Gasteiger partial charge < -0.3 is 20.1 Å². The molecular weight excluding hydrogens is 348 g/mol. The second-order valence-electron chi connectivity index (χ2n) is 6.46. The molecular formula is C20H30N2O5. The number of hydrogen-bond donors (Lipinski definition) is 2. The molecule has 0 heterocycles. The molecule has 0 aliphatic heterocycles. The number of nitrogens with one attached hydrogen (secondary N) is 2. The van der Waals surface area contributed by atoms with Crippen molar-refractivity contribution in [3.05, 3.63) is 29.8 Å². The summed E-state index contributed by atoms with van der Waals surface area (Å²) in [5.41, 5.74) is 0.411. The third kappa shape index (κ3) is 8.11. The average molecular weight is 378 g/mol. The van der Waals surface area contributed by atoms with Crippen LogP contribution in [0.1, 0.15) is 50.9 Å². The van der Waals surface area contributed by atoms with E-state index in [0.717, 1.165) is 12.8 Å². The number of ether oxygens (including phenoxy) is 2. The number of esters is 1. The number of benzene rings is 1. The maximum absolute atomic E-state index is 12.4. The molecule has 0 spiro atoms. The highest BCUT2D eigenvalue weighted by atomic mass is 16.5. The lowest BCUT2D eigenvalue weighted by atomic mass is 10.0. The molecule has 0 aliphatic carbocycles. The zero-order valence-electron chi connectivity index (χ0n) is 16.5. The van der Waals surface area contributed by atoms with Crippen LogP contribution < -0.4 is 15.4 Å². The first-order chi connectivity index (χ1) is 12.9. The summed E-state index contributed by atoms with van der Waals surface area (Å²) in [5.74, 6) is -0.886. The lowest BCUT2D eigenvalue weighted by Gasteiger charge is -2.21. The Morgan fingerprint density at radius 3 is 2.30 bits per heavy atom. The van der Waals surface area contributed by atoms with Gasteiger partial charge in [0, 0.05) is 12.1 Å². The predicted octanol–water partition coefficient (Wildman–Crippen LogP) is 2.30. The first-order valence-electron chi connectivity index (χ1n) is 9.36. The van der Waals surface area contributed by atoms with E-state index in [1.165, 1.54) is 0 Å². The molecule has 0 aliphatic rings. The van der Waals surface area contributed by atoms with E-state index in [9.17, 15) is 14.4 Å². The Kier molecular flexibility index (Phi) is 9.93. The smallest absolute Gasteiger partial charge is 0.329 e. The number of unbranched alkanes of at least 4 members (excludes halogenated alkanes) is 1. The van der Waals surface area contributed by atoms with E-state index in [2.05, 4.69) is 10.6 Å². The molecule has 0 saturated carbocycles. The quantitative estimate of drug-likeness (QED) is 0.455. The minimum atomic E-state index is -0.840. The molecule has 0 unspecified atom stereocenters. The number of carbonyl (C=O) groups is 3. The van der Waals surface area contributed by atoms with Crippen LogP contribution in [-0.2, 0) is 14.3 Å². The Balaban J connectivity index is 2.60. The third-order valence-electron chi connectivity index (χ3n) is 3.83. The Bertz CT molecular complexity index is 613. The fourth-order valence-electron chi connectivity index (χ4n) is 2.27. The highest BCUT2D eigenvalue weighted by molar-refractivity contribution is 5.97. The van der Waals surface area contributed by atoms with Crippen LogP contribution in [0.2, 0.25) is 0 Å². The fourth-order valence-corrected chi connectivity index (χ4v) is 2.27. The monoisotopic (exact) mass is 378 g/mol. The zero-order valence-corrected chi connectivity index (χ0v) is 16.5. The molecule has 0 fully saturated rings. The molecule has 7 nitrogen and oxygen atoms in total. The fraction of sp³-hybridized carbons (Fsp3) is 0.550. The summed E-state index contributed by atoms with van der Waals surface area (Å²) >= 11 is 0. The van der Waals surface area contributed by atoms with Crippen LogP contribution in [-0.4, -0.2) is 43.6 Å². The van der Waals surface area contributed by atoms with Gasteiger partial charge in [0.2, 0.25) is 0 Å². The number of rotatable bonds is 11. The summed E-state index contributed by atoms with van der Waals surface area (Å²) in [6.07, 6.45) is 1.83. The maximum Gasteiger partial charge on any atom is 0.329 e. The van der Waals surface area contributed by atoms with Gasteiger partial charge in [0.15, 0.2) is 6.61 Å². The van der Waals surface area contributed by atoms with Crippen LogP contribution in [0.3, 0.4) is 0 Å². The highest BCUT2D eigenvalue weighted by Crippen LogP contribution is 2.13. The van der Waals surface area contributed by atoms with Gasteiger partial charge in [-0.05, 0) is 43.5 Å². The molecule has 1 aromatic carbocycles. The predicted molar refractivity (Wildman–Crippen MR) is 103 cm³/mol. The van der Waals surface area contributed by atoms with E-state index in [-0.39, 0.29) is 24.3 Å². The molecule has 0 aromatic heterocycles. The van der Waals surface area contributed by atoms with Crippen molar-refractivity contribution in [2.24, 2.45) is 5.92 Å². The summed E-state index contributed by atoms with van der Waals surface area (Å²) in [4.78, 5) is 36.4. The van der Waals surface area contributed by atoms with E-state index in [4.69, 9.17) is 9.47 Å². The van der Waals surface area contributed by atoms with Gasteiger partial charge in [0.25, 0.3) is 11.8 Å². The van der Waals surface area contributed by atoms with Crippen LogP contribution in [0.4, 0.5) is 0 Å². The number of carbonyl (C=O) groups excluding carboxylic acids is 3. The van der Waals surface area contributed by atoms with Gasteiger partial charge in [-0.3, -0.25) is 9.59 Å². The number of hydrogen-bond acceptors (Lipinski definition) is 5. The molecule has 1 atom stereocenters. The van der Waals surface area contributed by atoms with Crippen molar-refractivity contribution in [3.8, 4) is 5.75 Å². The molecule has 1 rings (SSSR count). The van der Waals surface area contributed by atoms with Crippen LogP contribution in [0, 0.1) is 5.92 Å². The topological polar surface area (TPSA) is 93.7 Å². The molecule has 150 valence electrons. The maximum atomic E-state index is 12.4. The Labute approximate surface area is 160 Å². The van der Waals surface area contributed by atoms with Gasteiger partial charge in [-0.1, -0.05) is 27.2 Å². The van der Waals surface area contributed by atoms with Crippen molar-refractivity contribution in [2.75, 3.05) is 19.8 Å². The van der Waals surface area contributed by atoms with E-state index in [1.54, 1.807) is 38.1 Å². The van der Waals surface area contributed by atoms with E-state index >= 15 is 0 Å². The Morgan fingerprint density at radius 2 is 1.74 bits per heavy atom. The molecule has 0 bridgehead atoms. The van der Waals surface area contributed by atoms with Crippen LogP contribution in [0.25, 0.3) is 0 Å². The van der Waals surface area contributed by atoms with Gasteiger partial charge in [-0.2, -0.15) is 0 Å². The van der Waals surface area contributed by atoms with Crippen molar-refractivity contribution in [1.29, 1.82) is 0 Å². The zero-order chi connectivity index (χ0) is 20.2. The van der Waals surface area contributed by atoms with Crippen molar-refractivity contribution >= 4 is 17.8 Å². The average Bonchev–Trinajstić information content (AvgIpc) is 2.64. The van der Waals surface area contributed by atoms with Crippen molar-refractivity contribution in [1.82, 2.24) is 10.6 Å². The van der Waals surface area contributed by atoms with Crippen molar-refractivity contribution < 1.29 is 23.9 Å². The lowest BCUT2D eigenvalue weighted by Crippen LogP contribution is -2.46.